The number of carbonyl (C=O) groups excluding carboxylic acids is 1. The van der Waals surface area contributed by atoms with E-state index in [2.05, 4.69) is 15.1 Å². The molecule has 0 N–H and O–H groups in total. The van der Waals surface area contributed by atoms with Gasteiger partial charge in [0, 0.05) is 23.5 Å². The Hall–Kier alpha value is -2.56. The molecule has 0 unspecified atom stereocenters. The summed E-state index contributed by atoms with van der Waals surface area (Å²) in [5.41, 5.74) is 2.95. The van der Waals surface area contributed by atoms with E-state index in [1.165, 1.54) is 0 Å². The topological polar surface area (TPSA) is 64.4 Å². The molecule has 0 bridgehead atoms. The molecule has 1 aromatic heterocycles. The molecule has 0 amide bonds. The van der Waals surface area contributed by atoms with Crippen molar-refractivity contribution in [2.45, 2.75) is 26.4 Å². The molecule has 0 fully saturated rings. The molecule has 0 radical (unpaired) electrons. The molecular weight excluding hydrogens is 266 g/mol. The Morgan fingerprint density at radius 1 is 1.19 bits per heavy atom. The summed E-state index contributed by atoms with van der Waals surface area (Å²) in [4.78, 5) is 25.9. The van der Waals surface area contributed by atoms with Crippen LogP contribution < -0.4 is 0 Å². The fourth-order valence-corrected chi connectivity index (χ4v) is 2.20. The van der Waals surface area contributed by atoms with Crippen LogP contribution in [0.2, 0.25) is 0 Å². The van der Waals surface area contributed by atoms with Crippen LogP contribution in [0.25, 0.3) is 11.3 Å². The molecule has 0 saturated carbocycles. The molecule has 106 valence electrons. The molecule has 5 heteroatoms. The highest BCUT2D eigenvalue weighted by molar-refractivity contribution is 6.49. The van der Waals surface area contributed by atoms with E-state index in [1.807, 2.05) is 25.1 Å². The molecule has 1 aromatic carbocycles. The van der Waals surface area contributed by atoms with E-state index in [-0.39, 0.29) is 5.78 Å². The predicted molar refractivity (Wildman–Crippen MR) is 78.9 cm³/mol. The van der Waals surface area contributed by atoms with Gasteiger partial charge >= 0.3 is 0 Å². The van der Waals surface area contributed by atoms with E-state index >= 15 is 0 Å². The van der Waals surface area contributed by atoms with Gasteiger partial charge in [-0.25, -0.2) is 0 Å². The van der Waals surface area contributed by atoms with E-state index < -0.39 is 5.60 Å². The Balaban J connectivity index is 2.06. The Morgan fingerprint density at radius 2 is 2.00 bits per heavy atom. The lowest BCUT2D eigenvalue weighted by Gasteiger charge is -2.12. The Morgan fingerprint density at radius 3 is 2.62 bits per heavy atom. The van der Waals surface area contributed by atoms with Crippen molar-refractivity contribution >= 4 is 11.5 Å². The van der Waals surface area contributed by atoms with Crippen LogP contribution in [-0.2, 0) is 9.63 Å². The first kappa shape index (κ1) is 13.4. The van der Waals surface area contributed by atoms with Crippen molar-refractivity contribution in [2.75, 3.05) is 0 Å². The van der Waals surface area contributed by atoms with Crippen LogP contribution in [-0.4, -0.2) is 27.1 Å². The van der Waals surface area contributed by atoms with Crippen molar-refractivity contribution in [1.29, 1.82) is 0 Å². The average Bonchev–Trinajstić information content (AvgIpc) is 2.75. The molecule has 2 aromatic rings. The maximum atomic E-state index is 12.3. The minimum Gasteiger partial charge on any atom is -0.381 e. The Labute approximate surface area is 122 Å². The van der Waals surface area contributed by atoms with Crippen molar-refractivity contribution in [3.63, 3.8) is 0 Å². The van der Waals surface area contributed by atoms with E-state index in [0.717, 1.165) is 22.4 Å². The lowest BCUT2D eigenvalue weighted by atomic mass is 9.93. The lowest BCUT2D eigenvalue weighted by molar-refractivity contribution is -0.128. The summed E-state index contributed by atoms with van der Waals surface area (Å²) in [5.74, 6) is -0.114. The number of hydrogen-bond acceptors (Lipinski definition) is 5. The summed E-state index contributed by atoms with van der Waals surface area (Å²) >= 11 is 0. The average molecular weight is 281 g/mol. The van der Waals surface area contributed by atoms with Gasteiger partial charge in [-0.3, -0.25) is 14.8 Å². The first-order valence-electron chi connectivity index (χ1n) is 6.67. The SMILES string of the molecule is Cc1ccc(C2=NOC(C)(C)C2=O)cc1-c1cnccn1. The van der Waals surface area contributed by atoms with E-state index in [0.29, 0.717) is 5.71 Å². The standard InChI is InChI=1S/C16H15N3O2/c1-10-4-5-11(14-15(20)16(2,3)21-19-14)8-12(10)13-9-17-6-7-18-13/h4-9H,1-3H3. The van der Waals surface area contributed by atoms with Crippen LogP contribution in [0.15, 0.2) is 41.9 Å². The van der Waals surface area contributed by atoms with Crippen molar-refractivity contribution < 1.29 is 9.63 Å². The highest BCUT2D eigenvalue weighted by Crippen LogP contribution is 2.26. The van der Waals surface area contributed by atoms with Crippen molar-refractivity contribution in [1.82, 2.24) is 9.97 Å². The maximum absolute atomic E-state index is 12.3. The number of hydrogen-bond donors (Lipinski definition) is 0. The van der Waals surface area contributed by atoms with Crippen molar-refractivity contribution in [3.05, 3.63) is 47.9 Å². The first-order valence-corrected chi connectivity index (χ1v) is 6.67. The minimum absolute atomic E-state index is 0.114. The second-order valence-corrected chi connectivity index (χ2v) is 5.49. The summed E-state index contributed by atoms with van der Waals surface area (Å²) in [5, 5.41) is 3.94. The summed E-state index contributed by atoms with van der Waals surface area (Å²) in [7, 11) is 0. The van der Waals surface area contributed by atoms with Gasteiger partial charge in [-0.1, -0.05) is 17.3 Å². The molecule has 0 spiro atoms. The molecule has 1 aliphatic heterocycles. The quantitative estimate of drug-likeness (QED) is 0.848. The third kappa shape index (κ3) is 2.31. The maximum Gasteiger partial charge on any atom is 0.230 e. The zero-order valence-corrected chi connectivity index (χ0v) is 12.1. The van der Waals surface area contributed by atoms with Gasteiger partial charge in [0.1, 0.15) is 0 Å². The number of benzene rings is 1. The van der Waals surface area contributed by atoms with Gasteiger partial charge in [0.2, 0.25) is 5.78 Å². The van der Waals surface area contributed by atoms with Crippen LogP contribution >= 0.6 is 0 Å². The molecule has 21 heavy (non-hydrogen) atoms. The van der Waals surface area contributed by atoms with Gasteiger partial charge in [-0.2, -0.15) is 0 Å². The third-order valence-electron chi connectivity index (χ3n) is 3.48. The largest absolute Gasteiger partial charge is 0.381 e. The normalized spacial score (nSPS) is 16.5. The summed E-state index contributed by atoms with van der Waals surface area (Å²) in [6.07, 6.45) is 4.97. The van der Waals surface area contributed by atoms with Gasteiger partial charge in [-0.05, 0) is 32.4 Å². The predicted octanol–water partition coefficient (Wildman–Crippen LogP) is 2.53. The first-order chi connectivity index (χ1) is 9.99. The summed E-state index contributed by atoms with van der Waals surface area (Å²) in [6, 6.07) is 5.72. The number of rotatable bonds is 2. The van der Waals surface area contributed by atoms with Gasteiger partial charge < -0.3 is 4.84 Å². The summed E-state index contributed by atoms with van der Waals surface area (Å²) in [6.45, 7) is 5.42. The van der Waals surface area contributed by atoms with Crippen LogP contribution in [0.3, 0.4) is 0 Å². The highest BCUT2D eigenvalue weighted by atomic mass is 16.7. The zero-order valence-electron chi connectivity index (χ0n) is 12.1. The molecule has 2 heterocycles. The second-order valence-electron chi connectivity index (χ2n) is 5.49. The molecule has 5 nitrogen and oxygen atoms in total. The molecular formula is C16H15N3O2. The van der Waals surface area contributed by atoms with E-state index in [4.69, 9.17) is 4.84 Å². The van der Waals surface area contributed by atoms with Gasteiger partial charge in [0.25, 0.3) is 0 Å². The number of carbonyl (C=O) groups is 1. The number of oxime groups is 1. The van der Waals surface area contributed by atoms with Crippen molar-refractivity contribution in [3.8, 4) is 11.3 Å². The number of aromatic nitrogens is 2. The third-order valence-corrected chi connectivity index (χ3v) is 3.48. The van der Waals surface area contributed by atoms with E-state index in [1.54, 1.807) is 32.4 Å². The van der Waals surface area contributed by atoms with Gasteiger partial charge in [0.15, 0.2) is 11.3 Å². The fraction of sp³-hybridized carbons (Fsp3) is 0.250. The van der Waals surface area contributed by atoms with Crippen LogP contribution in [0, 0.1) is 6.92 Å². The molecule has 0 atom stereocenters. The van der Waals surface area contributed by atoms with Crippen molar-refractivity contribution in [2.24, 2.45) is 5.16 Å². The summed E-state index contributed by atoms with van der Waals surface area (Å²) < 4.78 is 0. The van der Waals surface area contributed by atoms with Crippen LogP contribution in [0.4, 0.5) is 0 Å². The van der Waals surface area contributed by atoms with Gasteiger partial charge in [-0.15, -0.1) is 0 Å². The molecule has 1 aliphatic rings. The van der Waals surface area contributed by atoms with E-state index in [9.17, 15) is 4.79 Å². The van der Waals surface area contributed by atoms with Crippen LogP contribution in [0.1, 0.15) is 25.0 Å². The monoisotopic (exact) mass is 281 g/mol. The number of ketones is 1. The Bertz CT molecular complexity index is 736. The number of nitrogens with zero attached hydrogens (tertiary/aromatic N) is 3. The van der Waals surface area contributed by atoms with Gasteiger partial charge in [0.05, 0.1) is 11.9 Å². The minimum atomic E-state index is -0.896. The van der Waals surface area contributed by atoms with Crippen LogP contribution in [0.5, 0.6) is 0 Å². The lowest BCUT2D eigenvalue weighted by Crippen LogP contribution is -2.33. The number of aryl methyl sites for hydroxylation is 1. The fourth-order valence-electron chi connectivity index (χ4n) is 2.20. The number of Topliss-reactive ketones (excluding diaryl/α,β-unsaturated/α-hetero) is 1. The smallest absolute Gasteiger partial charge is 0.230 e. The molecule has 0 aliphatic carbocycles. The molecule has 0 saturated heterocycles. The second kappa shape index (κ2) is 4.77. The zero-order chi connectivity index (χ0) is 15.0. The highest BCUT2D eigenvalue weighted by Gasteiger charge is 2.40. The molecule has 3 rings (SSSR count). The Kier molecular flexibility index (Phi) is 3.05.